The first kappa shape index (κ1) is 17.8. The van der Waals surface area contributed by atoms with Gasteiger partial charge in [-0.3, -0.25) is 4.79 Å². The summed E-state index contributed by atoms with van der Waals surface area (Å²) >= 11 is 1.58. The molecule has 1 heterocycles. The Balaban J connectivity index is 2.01. The highest BCUT2D eigenvalue weighted by atomic mass is 32.2. The SMILES string of the molecule is CCN(CC)CCO/N=C(\C)c1ccc2c(c1)N(C)C(=O)CS2. The molecule has 126 valence electrons. The summed E-state index contributed by atoms with van der Waals surface area (Å²) in [5.74, 6) is 0.634. The predicted octanol–water partition coefficient (Wildman–Crippen LogP) is 2.84. The average Bonchev–Trinajstić information content (AvgIpc) is 2.58. The third kappa shape index (κ3) is 4.48. The van der Waals surface area contributed by atoms with Crippen molar-refractivity contribution in [3.8, 4) is 0 Å². The molecule has 1 aromatic rings. The molecule has 0 N–H and O–H groups in total. The Bertz CT molecular complexity index is 585. The van der Waals surface area contributed by atoms with Gasteiger partial charge in [-0.2, -0.15) is 0 Å². The molecule has 0 bridgehead atoms. The van der Waals surface area contributed by atoms with E-state index in [0.29, 0.717) is 12.4 Å². The number of benzene rings is 1. The van der Waals surface area contributed by atoms with E-state index in [9.17, 15) is 4.79 Å². The van der Waals surface area contributed by atoms with Crippen molar-refractivity contribution in [2.75, 3.05) is 43.9 Å². The topological polar surface area (TPSA) is 45.1 Å². The Hall–Kier alpha value is -1.53. The Morgan fingerprint density at radius 1 is 1.39 bits per heavy atom. The number of hydrogen-bond acceptors (Lipinski definition) is 5. The van der Waals surface area contributed by atoms with Crippen LogP contribution in [0, 0.1) is 0 Å². The minimum atomic E-state index is 0.129. The number of likely N-dealkylation sites (N-methyl/N-ethyl adjacent to an activating group) is 1. The fraction of sp³-hybridized carbons (Fsp3) is 0.529. The van der Waals surface area contributed by atoms with Gasteiger partial charge in [0.2, 0.25) is 5.91 Å². The van der Waals surface area contributed by atoms with E-state index in [1.54, 1.807) is 16.7 Å². The van der Waals surface area contributed by atoms with Crippen molar-refractivity contribution >= 4 is 29.1 Å². The smallest absolute Gasteiger partial charge is 0.237 e. The van der Waals surface area contributed by atoms with E-state index in [0.717, 1.165) is 41.5 Å². The molecule has 1 aliphatic heterocycles. The number of nitrogens with zero attached hydrogens (tertiary/aromatic N) is 3. The second kappa shape index (κ2) is 8.36. The van der Waals surface area contributed by atoms with Crippen LogP contribution in [-0.2, 0) is 9.63 Å². The molecule has 0 atom stereocenters. The fourth-order valence-electron chi connectivity index (χ4n) is 2.40. The van der Waals surface area contributed by atoms with Gasteiger partial charge in [0, 0.05) is 24.1 Å². The van der Waals surface area contributed by atoms with Gasteiger partial charge in [-0.1, -0.05) is 25.1 Å². The molecule has 0 fully saturated rings. The summed E-state index contributed by atoms with van der Waals surface area (Å²) in [5.41, 5.74) is 2.75. The predicted molar refractivity (Wildman–Crippen MR) is 96.5 cm³/mol. The number of thioether (sulfide) groups is 1. The molecule has 1 amide bonds. The second-order valence-corrected chi connectivity index (χ2v) is 6.48. The lowest BCUT2D eigenvalue weighted by Crippen LogP contribution is -2.31. The highest BCUT2D eigenvalue weighted by Gasteiger charge is 2.21. The number of anilines is 1. The number of hydrogen-bond donors (Lipinski definition) is 0. The molecule has 0 radical (unpaired) electrons. The Morgan fingerprint density at radius 2 is 2.13 bits per heavy atom. The molecular weight excluding hydrogens is 310 g/mol. The van der Waals surface area contributed by atoms with Crippen LogP contribution in [0.1, 0.15) is 26.3 Å². The molecule has 0 unspecified atom stereocenters. The third-order valence-corrected chi connectivity index (χ3v) is 5.11. The van der Waals surface area contributed by atoms with Gasteiger partial charge in [0.1, 0.15) is 6.61 Å². The molecule has 23 heavy (non-hydrogen) atoms. The van der Waals surface area contributed by atoms with Crippen molar-refractivity contribution in [2.24, 2.45) is 5.16 Å². The zero-order chi connectivity index (χ0) is 16.8. The van der Waals surface area contributed by atoms with Gasteiger partial charge in [-0.05, 0) is 32.1 Å². The zero-order valence-corrected chi connectivity index (χ0v) is 15.2. The van der Waals surface area contributed by atoms with Crippen molar-refractivity contribution in [1.29, 1.82) is 0 Å². The minimum Gasteiger partial charge on any atom is -0.394 e. The van der Waals surface area contributed by atoms with Crippen LogP contribution in [0.2, 0.25) is 0 Å². The first-order valence-corrected chi connectivity index (χ1v) is 8.98. The van der Waals surface area contributed by atoms with Crippen LogP contribution in [0.4, 0.5) is 5.69 Å². The minimum absolute atomic E-state index is 0.129. The Kier molecular flexibility index (Phi) is 6.47. The van der Waals surface area contributed by atoms with Gasteiger partial charge in [-0.15, -0.1) is 11.8 Å². The van der Waals surface area contributed by atoms with Crippen molar-refractivity contribution < 1.29 is 9.63 Å². The van der Waals surface area contributed by atoms with Crippen LogP contribution in [0.5, 0.6) is 0 Å². The van der Waals surface area contributed by atoms with Crippen LogP contribution >= 0.6 is 11.8 Å². The monoisotopic (exact) mass is 335 g/mol. The number of fused-ring (bicyclic) bond motifs is 1. The third-order valence-electron chi connectivity index (χ3n) is 4.06. The maximum Gasteiger partial charge on any atom is 0.237 e. The fourth-order valence-corrected chi connectivity index (χ4v) is 3.38. The molecule has 1 aliphatic rings. The van der Waals surface area contributed by atoms with Crippen LogP contribution in [0.15, 0.2) is 28.3 Å². The van der Waals surface area contributed by atoms with E-state index >= 15 is 0 Å². The van der Waals surface area contributed by atoms with Crippen LogP contribution in [-0.4, -0.2) is 55.6 Å². The summed E-state index contributed by atoms with van der Waals surface area (Å²) in [4.78, 5) is 22.4. The number of carbonyl (C=O) groups excluding carboxylic acids is 1. The molecule has 0 saturated carbocycles. The quantitative estimate of drug-likeness (QED) is 0.437. The van der Waals surface area contributed by atoms with Gasteiger partial charge in [-0.25, -0.2) is 0 Å². The summed E-state index contributed by atoms with van der Waals surface area (Å²) in [5, 5.41) is 4.21. The zero-order valence-electron chi connectivity index (χ0n) is 14.3. The lowest BCUT2D eigenvalue weighted by molar-refractivity contribution is -0.116. The first-order chi connectivity index (χ1) is 11.1. The van der Waals surface area contributed by atoms with Gasteiger partial charge in [0.15, 0.2) is 0 Å². The van der Waals surface area contributed by atoms with Crippen LogP contribution < -0.4 is 4.90 Å². The molecular formula is C17H25N3O2S. The summed E-state index contributed by atoms with van der Waals surface area (Å²) in [6, 6.07) is 6.08. The van der Waals surface area contributed by atoms with E-state index in [4.69, 9.17) is 4.84 Å². The van der Waals surface area contributed by atoms with Crippen molar-refractivity contribution in [1.82, 2.24) is 4.90 Å². The van der Waals surface area contributed by atoms with E-state index in [1.165, 1.54) is 0 Å². The van der Waals surface area contributed by atoms with Crippen molar-refractivity contribution in [3.05, 3.63) is 23.8 Å². The molecule has 0 aromatic heterocycles. The second-order valence-electron chi connectivity index (χ2n) is 5.46. The maximum absolute atomic E-state index is 11.8. The van der Waals surface area contributed by atoms with Gasteiger partial charge >= 0.3 is 0 Å². The molecule has 1 aromatic carbocycles. The molecule has 0 spiro atoms. The number of oxime groups is 1. The maximum atomic E-state index is 11.8. The summed E-state index contributed by atoms with van der Waals surface area (Å²) < 4.78 is 0. The normalized spacial score (nSPS) is 15.1. The summed E-state index contributed by atoms with van der Waals surface area (Å²) in [7, 11) is 1.82. The number of rotatable bonds is 7. The van der Waals surface area contributed by atoms with Crippen molar-refractivity contribution in [2.45, 2.75) is 25.7 Å². The highest BCUT2D eigenvalue weighted by Crippen LogP contribution is 2.35. The number of amides is 1. The van der Waals surface area contributed by atoms with E-state index < -0.39 is 0 Å². The van der Waals surface area contributed by atoms with E-state index in [2.05, 4.69) is 23.9 Å². The van der Waals surface area contributed by atoms with E-state index in [1.807, 2.05) is 32.2 Å². The molecule has 0 saturated heterocycles. The number of carbonyl (C=O) groups is 1. The molecule has 2 rings (SSSR count). The Labute approximate surface area is 142 Å². The highest BCUT2D eigenvalue weighted by molar-refractivity contribution is 8.00. The Morgan fingerprint density at radius 3 is 2.83 bits per heavy atom. The lowest BCUT2D eigenvalue weighted by atomic mass is 10.1. The van der Waals surface area contributed by atoms with Gasteiger partial charge < -0.3 is 14.6 Å². The molecule has 5 nitrogen and oxygen atoms in total. The van der Waals surface area contributed by atoms with Crippen molar-refractivity contribution in [3.63, 3.8) is 0 Å². The van der Waals surface area contributed by atoms with E-state index in [-0.39, 0.29) is 5.91 Å². The molecule has 6 heteroatoms. The van der Waals surface area contributed by atoms with Gasteiger partial charge in [0.25, 0.3) is 0 Å². The summed E-state index contributed by atoms with van der Waals surface area (Å²) in [6.45, 7) is 9.70. The summed E-state index contributed by atoms with van der Waals surface area (Å²) in [6.07, 6.45) is 0. The molecule has 0 aliphatic carbocycles. The van der Waals surface area contributed by atoms with Crippen LogP contribution in [0.25, 0.3) is 0 Å². The average molecular weight is 335 g/mol. The first-order valence-electron chi connectivity index (χ1n) is 7.99. The largest absolute Gasteiger partial charge is 0.394 e. The van der Waals surface area contributed by atoms with Crippen LogP contribution in [0.3, 0.4) is 0 Å². The standard InChI is InChI=1S/C17H25N3O2S/c1-5-20(6-2)9-10-22-18-13(3)14-7-8-16-15(11-14)19(4)17(21)12-23-16/h7-8,11H,5-6,9-10,12H2,1-4H3/b18-13+. The van der Waals surface area contributed by atoms with Gasteiger partial charge in [0.05, 0.1) is 17.2 Å². The lowest BCUT2D eigenvalue weighted by Gasteiger charge is -2.25.